The summed E-state index contributed by atoms with van der Waals surface area (Å²) in [7, 11) is 0. The van der Waals surface area contributed by atoms with Gasteiger partial charge in [-0.15, -0.1) is 0 Å². The van der Waals surface area contributed by atoms with Gasteiger partial charge in [0.25, 0.3) is 5.91 Å². The summed E-state index contributed by atoms with van der Waals surface area (Å²) in [6.07, 6.45) is 2.03. The van der Waals surface area contributed by atoms with E-state index >= 15 is 0 Å². The van der Waals surface area contributed by atoms with E-state index in [1.54, 1.807) is 0 Å². The lowest BCUT2D eigenvalue weighted by Crippen LogP contribution is -2.31. The quantitative estimate of drug-likeness (QED) is 0.357. The topological polar surface area (TPSA) is 49.4 Å². The lowest BCUT2D eigenvalue weighted by atomic mass is 10.1. The summed E-state index contributed by atoms with van der Waals surface area (Å²) in [5.41, 5.74) is 2.87. The third kappa shape index (κ3) is 5.40. The van der Waals surface area contributed by atoms with Crippen LogP contribution < -0.4 is 5.32 Å². The molecule has 0 bridgehead atoms. The highest BCUT2D eigenvalue weighted by Gasteiger charge is 2.32. The van der Waals surface area contributed by atoms with Gasteiger partial charge in [0.1, 0.15) is 4.32 Å². The number of amides is 2. The summed E-state index contributed by atoms with van der Waals surface area (Å²) in [5, 5.41) is 2.85. The Morgan fingerprint density at radius 2 is 2.00 bits per heavy atom. The molecule has 0 unspecified atom stereocenters. The van der Waals surface area contributed by atoms with Crippen molar-refractivity contribution in [3.63, 3.8) is 0 Å². The first-order chi connectivity index (χ1) is 12.9. The molecule has 4 nitrogen and oxygen atoms in total. The van der Waals surface area contributed by atoms with Crippen LogP contribution in [-0.2, 0) is 9.59 Å². The number of rotatable bonds is 5. The molecular formula is C20H17IN2O2S2. The second-order valence-electron chi connectivity index (χ2n) is 6.05. The molecule has 2 aromatic carbocycles. The van der Waals surface area contributed by atoms with E-state index in [1.807, 2.05) is 61.5 Å². The lowest BCUT2D eigenvalue weighted by Gasteiger charge is -2.14. The molecule has 1 aliphatic heterocycles. The first-order valence-corrected chi connectivity index (χ1v) is 10.6. The lowest BCUT2D eigenvalue weighted by molar-refractivity contribution is -0.122. The number of thiocarbonyl (C=S) groups is 1. The Morgan fingerprint density at radius 3 is 2.70 bits per heavy atom. The maximum Gasteiger partial charge on any atom is 0.266 e. The summed E-state index contributed by atoms with van der Waals surface area (Å²) in [6, 6.07) is 15.5. The van der Waals surface area contributed by atoms with Crippen molar-refractivity contribution in [2.45, 2.75) is 13.3 Å². The average molecular weight is 508 g/mol. The van der Waals surface area contributed by atoms with Crippen LogP contribution in [0.15, 0.2) is 53.4 Å². The van der Waals surface area contributed by atoms with Crippen LogP contribution in [0.3, 0.4) is 0 Å². The molecule has 0 atom stereocenters. The highest BCUT2D eigenvalue weighted by molar-refractivity contribution is 14.1. The fourth-order valence-electron chi connectivity index (χ4n) is 2.51. The van der Waals surface area contributed by atoms with Crippen LogP contribution in [0.25, 0.3) is 6.08 Å². The molecule has 1 heterocycles. The molecule has 7 heteroatoms. The third-order valence-corrected chi connectivity index (χ3v) is 5.97. The first-order valence-electron chi connectivity index (χ1n) is 8.30. The van der Waals surface area contributed by atoms with Gasteiger partial charge in [0.05, 0.1) is 4.91 Å². The largest absolute Gasteiger partial charge is 0.326 e. The molecule has 138 valence electrons. The minimum absolute atomic E-state index is 0.145. The predicted octanol–water partition coefficient (Wildman–Crippen LogP) is 4.83. The monoisotopic (exact) mass is 508 g/mol. The van der Waals surface area contributed by atoms with Crippen LogP contribution in [0.4, 0.5) is 5.69 Å². The van der Waals surface area contributed by atoms with Gasteiger partial charge in [0.15, 0.2) is 0 Å². The Morgan fingerprint density at radius 1 is 1.26 bits per heavy atom. The van der Waals surface area contributed by atoms with Crippen molar-refractivity contribution < 1.29 is 9.59 Å². The first kappa shape index (κ1) is 20.0. The van der Waals surface area contributed by atoms with Crippen LogP contribution in [0.5, 0.6) is 0 Å². The smallest absolute Gasteiger partial charge is 0.266 e. The van der Waals surface area contributed by atoms with Gasteiger partial charge >= 0.3 is 0 Å². The van der Waals surface area contributed by atoms with Crippen molar-refractivity contribution in [2.75, 3.05) is 11.9 Å². The van der Waals surface area contributed by atoms with Crippen molar-refractivity contribution in [3.8, 4) is 0 Å². The fraction of sp³-hybridized carbons (Fsp3) is 0.150. The van der Waals surface area contributed by atoms with E-state index < -0.39 is 0 Å². The van der Waals surface area contributed by atoms with E-state index in [9.17, 15) is 9.59 Å². The van der Waals surface area contributed by atoms with Gasteiger partial charge < -0.3 is 5.32 Å². The van der Waals surface area contributed by atoms with Crippen LogP contribution in [-0.4, -0.2) is 27.6 Å². The summed E-state index contributed by atoms with van der Waals surface area (Å²) >= 11 is 8.79. The molecule has 3 rings (SSSR count). The van der Waals surface area contributed by atoms with Crippen molar-refractivity contribution in [2.24, 2.45) is 0 Å². The normalized spacial score (nSPS) is 15.5. The highest BCUT2D eigenvalue weighted by Crippen LogP contribution is 2.32. The number of anilines is 1. The van der Waals surface area contributed by atoms with Gasteiger partial charge in [-0.2, -0.15) is 0 Å². The van der Waals surface area contributed by atoms with Gasteiger partial charge in [0, 0.05) is 22.2 Å². The van der Waals surface area contributed by atoms with E-state index in [0.29, 0.717) is 9.23 Å². The molecule has 1 fully saturated rings. The van der Waals surface area contributed by atoms with Crippen LogP contribution in [0.1, 0.15) is 17.5 Å². The van der Waals surface area contributed by atoms with Crippen molar-refractivity contribution >= 4 is 74.5 Å². The molecule has 27 heavy (non-hydrogen) atoms. The van der Waals surface area contributed by atoms with E-state index in [4.69, 9.17) is 12.2 Å². The second kappa shape index (κ2) is 8.99. The number of halogens is 1. The zero-order chi connectivity index (χ0) is 19.4. The van der Waals surface area contributed by atoms with E-state index in [1.165, 1.54) is 22.2 Å². The Labute approximate surface area is 181 Å². The number of aryl methyl sites for hydroxylation is 1. The van der Waals surface area contributed by atoms with Crippen LogP contribution >= 0.6 is 46.6 Å². The molecule has 1 saturated heterocycles. The highest BCUT2D eigenvalue weighted by atomic mass is 127. The summed E-state index contributed by atoms with van der Waals surface area (Å²) in [5.74, 6) is -0.291. The SMILES string of the molecule is Cc1ccc(/C=C2/SC(=S)N(CCC(=O)Nc3cccc(I)c3)C2=O)cc1. The maximum absolute atomic E-state index is 12.6. The number of thioether (sulfide) groups is 1. The molecule has 1 aliphatic rings. The summed E-state index contributed by atoms with van der Waals surface area (Å²) in [4.78, 5) is 26.9. The molecule has 0 aliphatic carbocycles. The minimum atomic E-state index is -0.146. The summed E-state index contributed by atoms with van der Waals surface area (Å²) in [6.45, 7) is 2.29. The zero-order valence-electron chi connectivity index (χ0n) is 14.6. The third-order valence-electron chi connectivity index (χ3n) is 3.92. The minimum Gasteiger partial charge on any atom is -0.326 e. The molecule has 0 spiro atoms. The van der Waals surface area contributed by atoms with Gasteiger partial charge in [-0.05, 0) is 59.4 Å². The van der Waals surface area contributed by atoms with Crippen molar-refractivity contribution in [3.05, 3.63) is 68.1 Å². The molecule has 2 amide bonds. The number of carbonyl (C=O) groups excluding carboxylic acids is 2. The molecule has 0 radical (unpaired) electrons. The summed E-state index contributed by atoms with van der Waals surface area (Å²) < 4.78 is 1.53. The molecule has 0 saturated carbocycles. The van der Waals surface area contributed by atoms with Crippen LogP contribution in [0, 0.1) is 10.5 Å². The number of nitrogens with zero attached hydrogens (tertiary/aromatic N) is 1. The van der Waals surface area contributed by atoms with Gasteiger partial charge in [-0.3, -0.25) is 14.5 Å². The van der Waals surface area contributed by atoms with Gasteiger partial charge in [-0.25, -0.2) is 0 Å². The molecule has 2 aromatic rings. The number of hydrogen-bond acceptors (Lipinski definition) is 4. The fourth-order valence-corrected chi connectivity index (χ4v) is 4.36. The maximum atomic E-state index is 12.6. The standard InChI is InChI=1S/C20H17IN2O2S2/c1-13-5-7-14(8-6-13)11-17-19(25)23(20(26)27-17)10-9-18(24)22-16-4-2-3-15(21)12-16/h2-8,11-12H,9-10H2,1H3,(H,22,24)/b17-11+. The van der Waals surface area contributed by atoms with E-state index in [0.717, 1.165) is 14.8 Å². The number of nitrogens with one attached hydrogen (secondary N) is 1. The predicted molar refractivity (Wildman–Crippen MR) is 123 cm³/mol. The van der Waals surface area contributed by atoms with Gasteiger partial charge in [0.2, 0.25) is 5.91 Å². The van der Waals surface area contributed by atoms with E-state index in [2.05, 4.69) is 27.9 Å². The van der Waals surface area contributed by atoms with E-state index in [-0.39, 0.29) is 24.8 Å². The molecule has 1 N–H and O–H groups in total. The van der Waals surface area contributed by atoms with Crippen LogP contribution in [0.2, 0.25) is 0 Å². The number of carbonyl (C=O) groups is 2. The Bertz CT molecular complexity index is 926. The van der Waals surface area contributed by atoms with Crippen molar-refractivity contribution in [1.82, 2.24) is 4.90 Å². The number of hydrogen-bond donors (Lipinski definition) is 1. The zero-order valence-corrected chi connectivity index (χ0v) is 18.4. The number of benzene rings is 2. The van der Waals surface area contributed by atoms with Crippen molar-refractivity contribution in [1.29, 1.82) is 0 Å². The second-order valence-corrected chi connectivity index (χ2v) is 8.97. The van der Waals surface area contributed by atoms with Gasteiger partial charge in [-0.1, -0.05) is 59.9 Å². The average Bonchev–Trinajstić information content (AvgIpc) is 2.88. The Hall–Kier alpha value is -1.71. The molecular weight excluding hydrogens is 491 g/mol. The molecule has 0 aromatic heterocycles. The Balaban J connectivity index is 1.60. The Kier molecular flexibility index (Phi) is 6.67.